The van der Waals surface area contributed by atoms with E-state index in [0.29, 0.717) is 19.4 Å². The summed E-state index contributed by atoms with van der Waals surface area (Å²) in [4.78, 5) is 24.6. The van der Waals surface area contributed by atoms with E-state index in [2.05, 4.69) is 31.3 Å². The molecular weight excluding hydrogens is 947 g/mol. The summed E-state index contributed by atoms with van der Waals surface area (Å²) in [5.41, 5.74) is 0. The van der Waals surface area contributed by atoms with Crippen LogP contribution in [-0.2, 0) is 14.3 Å². The lowest BCUT2D eigenvalue weighted by Crippen LogP contribution is -2.45. The predicted molar refractivity (Wildman–Crippen MR) is 338 cm³/mol. The van der Waals surface area contributed by atoms with Crippen LogP contribution < -0.4 is 5.32 Å². The minimum absolute atomic E-state index is 0.00760. The third kappa shape index (κ3) is 63.4. The van der Waals surface area contributed by atoms with Gasteiger partial charge in [-0.3, -0.25) is 9.59 Å². The first kappa shape index (κ1) is 75.3. The second-order valence-electron chi connectivity index (χ2n) is 24.2. The number of aliphatic hydroxyl groups is 2. The summed E-state index contributed by atoms with van der Waals surface area (Å²) in [6.45, 7) is 4.93. The van der Waals surface area contributed by atoms with Gasteiger partial charge < -0.3 is 20.3 Å². The lowest BCUT2D eigenvalue weighted by molar-refractivity contribution is -0.143. The van der Waals surface area contributed by atoms with Gasteiger partial charge in [0.15, 0.2) is 0 Å². The van der Waals surface area contributed by atoms with Gasteiger partial charge in [0.2, 0.25) is 5.91 Å². The number of esters is 1. The summed E-state index contributed by atoms with van der Waals surface area (Å²) in [6.07, 6.45) is 83.9. The van der Waals surface area contributed by atoms with Crippen molar-refractivity contribution < 1.29 is 24.5 Å². The summed E-state index contributed by atoms with van der Waals surface area (Å²) in [6, 6.07) is -0.631. The zero-order valence-electron chi connectivity index (χ0n) is 52.2. The fraction of sp³-hybridized carbons (Fsp3) is 0.915. The molecule has 0 saturated carbocycles. The molecule has 2 atom stereocenters. The number of aliphatic hydroxyl groups excluding tert-OH is 2. The van der Waals surface area contributed by atoms with Crippen molar-refractivity contribution in [1.82, 2.24) is 5.32 Å². The molecule has 0 aliphatic heterocycles. The van der Waals surface area contributed by atoms with Crippen LogP contribution in [-0.4, -0.2) is 47.4 Å². The van der Waals surface area contributed by atoms with Crippen molar-refractivity contribution in [2.45, 2.75) is 405 Å². The molecule has 0 rings (SSSR count). The van der Waals surface area contributed by atoms with Crippen molar-refractivity contribution >= 4 is 11.9 Å². The van der Waals surface area contributed by atoms with E-state index in [1.54, 1.807) is 6.08 Å². The molecule has 6 heteroatoms. The maximum atomic E-state index is 12.5. The third-order valence-electron chi connectivity index (χ3n) is 16.5. The first-order chi connectivity index (χ1) is 38.0. The Balaban J connectivity index is 3.41. The Kier molecular flexibility index (Phi) is 65.4. The summed E-state index contributed by atoms with van der Waals surface area (Å²) in [7, 11) is 0. The number of carbonyl (C=O) groups is 2. The Bertz CT molecular complexity index is 1200. The molecule has 0 aliphatic carbocycles. The number of hydrogen-bond acceptors (Lipinski definition) is 5. The Hall–Kier alpha value is -1.66. The number of amides is 1. The van der Waals surface area contributed by atoms with Gasteiger partial charge in [-0.05, 0) is 57.8 Å². The molecule has 0 aliphatic rings. The van der Waals surface area contributed by atoms with Crippen LogP contribution in [0.1, 0.15) is 393 Å². The van der Waals surface area contributed by atoms with E-state index < -0.39 is 12.1 Å². The molecule has 0 aromatic heterocycles. The van der Waals surface area contributed by atoms with Gasteiger partial charge in [0.25, 0.3) is 0 Å². The van der Waals surface area contributed by atoms with Crippen molar-refractivity contribution in [2.75, 3.05) is 13.2 Å². The largest absolute Gasteiger partial charge is 0.466 e. The van der Waals surface area contributed by atoms with Crippen molar-refractivity contribution in [1.29, 1.82) is 0 Å². The number of unbranched alkanes of at least 4 members (excludes halogenated alkanes) is 53. The topological polar surface area (TPSA) is 95.9 Å². The minimum atomic E-state index is -0.847. The maximum Gasteiger partial charge on any atom is 0.305 e. The van der Waals surface area contributed by atoms with Gasteiger partial charge in [0, 0.05) is 12.8 Å². The molecule has 0 heterocycles. The van der Waals surface area contributed by atoms with E-state index in [4.69, 9.17) is 4.74 Å². The maximum absolute atomic E-state index is 12.5. The van der Waals surface area contributed by atoms with Crippen molar-refractivity contribution in [3.63, 3.8) is 0 Å². The number of ether oxygens (including phenoxy) is 1. The lowest BCUT2D eigenvalue weighted by atomic mass is 10.0. The molecule has 0 saturated heterocycles. The molecule has 0 bridgehead atoms. The molecule has 0 aromatic carbocycles. The lowest BCUT2D eigenvalue weighted by Gasteiger charge is -2.20. The van der Waals surface area contributed by atoms with E-state index in [1.165, 1.54) is 321 Å². The average Bonchev–Trinajstić information content (AvgIpc) is 3.43. The molecule has 1 amide bonds. The van der Waals surface area contributed by atoms with Gasteiger partial charge in [0.1, 0.15) is 0 Å². The van der Waals surface area contributed by atoms with Crippen LogP contribution in [0.25, 0.3) is 0 Å². The molecule has 0 fully saturated rings. The first-order valence-electron chi connectivity index (χ1n) is 35.1. The number of carbonyl (C=O) groups excluding carboxylic acids is 2. The number of rotatable bonds is 66. The van der Waals surface area contributed by atoms with Gasteiger partial charge in [-0.1, -0.05) is 346 Å². The highest BCUT2D eigenvalue weighted by atomic mass is 16.5. The minimum Gasteiger partial charge on any atom is -0.466 e. The van der Waals surface area contributed by atoms with Gasteiger partial charge in [-0.15, -0.1) is 0 Å². The van der Waals surface area contributed by atoms with E-state index in [1.807, 2.05) is 6.08 Å². The van der Waals surface area contributed by atoms with Crippen LogP contribution in [0.15, 0.2) is 24.3 Å². The van der Waals surface area contributed by atoms with Crippen LogP contribution >= 0.6 is 0 Å². The van der Waals surface area contributed by atoms with E-state index in [9.17, 15) is 19.8 Å². The monoisotopic (exact) mass is 1080 g/mol. The highest BCUT2D eigenvalue weighted by Crippen LogP contribution is 2.19. The molecule has 0 radical (unpaired) electrons. The van der Waals surface area contributed by atoms with Crippen molar-refractivity contribution in [2.24, 2.45) is 0 Å². The normalized spacial score (nSPS) is 12.6. The van der Waals surface area contributed by atoms with Gasteiger partial charge >= 0.3 is 5.97 Å². The van der Waals surface area contributed by atoms with Crippen LogP contribution in [0.5, 0.6) is 0 Å². The third-order valence-corrected chi connectivity index (χ3v) is 16.5. The van der Waals surface area contributed by atoms with Crippen LogP contribution in [0.3, 0.4) is 0 Å². The number of nitrogens with one attached hydrogen (secondary N) is 1. The average molecular weight is 1080 g/mol. The smallest absolute Gasteiger partial charge is 0.305 e. The Morgan fingerprint density at radius 1 is 0.351 bits per heavy atom. The van der Waals surface area contributed by atoms with Crippen molar-refractivity contribution in [3.05, 3.63) is 24.3 Å². The molecule has 6 nitrogen and oxygen atoms in total. The molecule has 0 spiro atoms. The highest BCUT2D eigenvalue weighted by molar-refractivity contribution is 5.76. The summed E-state index contributed by atoms with van der Waals surface area (Å²) in [5.74, 6) is -0.0580. The van der Waals surface area contributed by atoms with Crippen molar-refractivity contribution in [3.8, 4) is 0 Å². The standard InChI is InChI=1S/C71H137NO5/c1-3-5-7-9-11-13-15-17-19-21-22-23-24-25-28-32-35-39-43-47-51-55-59-63-69(74)68(67-73)72-70(75)64-60-56-52-48-44-40-36-33-29-26-27-30-34-38-42-46-50-54-58-62-66-77-71(76)65-61-57-53-49-45-41-37-31-20-18-16-14-12-10-8-6-4-2/h18,20,59,63,68-69,73-74H,3-17,19,21-58,60-62,64-67H2,1-2H3,(H,72,75)/b20-18-,63-59+. The number of allylic oxidation sites excluding steroid dienone is 3. The van der Waals surface area contributed by atoms with E-state index in [-0.39, 0.29) is 18.5 Å². The Morgan fingerprint density at radius 2 is 0.610 bits per heavy atom. The van der Waals surface area contributed by atoms with Crippen LogP contribution in [0, 0.1) is 0 Å². The molecular formula is C71H137NO5. The second kappa shape index (κ2) is 66.8. The van der Waals surface area contributed by atoms with E-state index in [0.717, 1.165) is 44.9 Å². The highest BCUT2D eigenvalue weighted by Gasteiger charge is 2.18. The fourth-order valence-electron chi connectivity index (χ4n) is 11.1. The van der Waals surface area contributed by atoms with Gasteiger partial charge in [-0.25, -0.2) is 0 Å². The quantitative estimate of drug-likeness (QED) is 0.0320. The van der Waals surface area contributed by atoms with E-state index >= 15 is 0 Å². The van der Waals surface area contributed by atoms with Gasteiger partial charge in [0.05, 0.1) is 25.4 Å². The number of hydrogen-bond donors (Lipinski definition) is 3. The van der Waals surface area contributed by atoms with Gasteiger partial charge in [-0.2, -0.15) is 0 Å². The molecule has 0 aromatic rings. The molecule has 3 N–H and O–H groups in total. The summed E-state index contributed by atoms with van der Waals surface area (Å²) >= 11 is 0. The fourth-order valence-corrected chi connectivity index (χ4v) is 11.1. The van der Waals surface area contributed by atoms with Crippen LogP contribution in [0.2, 0.25) is 0 Å². The second-order valence-corrected chi connectivity index (χ2v) is 24.2. The zero-order chi connectivity index (χ0) is 55.7. The Morgan fingerprint density at radius 3 is 0.922 bits per heavy atom. The predicted octanol–water partition coefficient (Wildman–Crippen LogP) is 22.5. The van der Waals surface area contributed by atoms with Crippen LogP contribution in [0.4, 0.5) is 0 Å². The molecule has 77 heavy (non-hydrogen) atoms. The molecule has 456 valence electrons. The summed E-state index contributed by atoms with van der Waals surface area (Å²) < 4.78 is 5.50. The Labute approximate surface area is 481 Å². The zero-order valence-corrected chi connectivity index (χ0v) is 52.2. The molecule has 2 unspecified atom stereocenters. The first-order valence-corrected chi connectivity index (χ1v) is 35.1. The SMILES string of the molecule is CCCCCCCC/C=C\CCCCCCCCCC(=O)OCCCCCCCCCCCCCCCCCCCCCCC(=O)NC(CO)C(O)/C=C/CCCCCCCCCCCCCCCCCCCCCCC. The summed E-state index contributed by atoms with van der Waals surface area (Å²) in [5, 5.41) is 23.3.